The summed E-state index contributed by atoms with van der Waals surface area (Å²) in [5.74, 6) is 0.826. The van der Waals surface area contributed by atoms with Gasteiger partial charge in [-0.2, -0.15) is 0 Å². The third-order valence-corrected chi connectivity index (χ3v) is 3.34. The van der Waals surface area contributed by atoms with Crippen LogP contribution in [0.1, 0.15) is 11.3 Å². The van der Waals surface area contributed by atoms with Crippen LogP contribution in [0.4, 0.5) is 13.2 Å². The molecule has 0 aliphatic heterocycles. The molecule has 0 saturated carbocycles. The first kappa shape index (κ1) is 15.3. The van der Waals surface area contributed by atoms with Crippen LogP contribution in [0.5, 0.6) is 17.2 Å². The zero-order valence-corrected chi connectivity index (χ0v) is 12.5. The van der Waals surface area contributed by atoms with Crippen LogP contribution in [0.25, 0.3) is 10.9 Å². The molecule has 120 valence electrons. The number of fused-ring (bicyclic) bond motifs is 1. The molecule has 23 heavy (non-hydrogen) atoms. The first-order valence-corrected chi connectivity index (χ1v) is 6.94. The van der Waals surface area contributed by atoms with E-state index < -0.39 is 6.36 Å². The fraction of sp³-hybridized carbons (Fsp3) is 0.176. The summed E-state index contributed by atoms with van der Waals surface area (Å²) in [6, 6.07) is 11.6. The van der Waals surface area contributed by atoms with Gasteiger partial charge in [-0.25, -0.2) is 0 Å². The van der Waals surface area contributed by atoms with Gasteiger partial charge in [0.15, 0.2) is 5.75 Å². The first-order chi connectivity index (χ1) is 10.8. The molecule has 0 atom stereocenters. The van der Waals surface area contributed by atoms with Gasteiger partial charge in [0.25, 0.3) is 0 Å². The zero-order chi connectivity index (χ0) is 16.6. The van der Waals surface area contributed by atoms with Gasteiger partial charge in [-0.05, 0) is 49.7 Å². The number of hydrogen-bond donors (Lipinski definition) is 1. The van der Waals surface area contributed by atoms with Crippen molar-refractivity contribution in [1.29, 1.82) is 0 Å². The van der Waals surface area contributed by atoms with Gasteiger partial charge < -0.3 is 14.5 Å². The minimum Gasteiger partial charge on any atom is -0.455 e. The molecule has 0 radical (unpaired) electrons. The second kappa shape index (κ2) is 5.53. The monoisotopic (exact) mass is 321 g/mol. The SMILES string of the molecule is Cc1cccc(Oc2c(C)[nH]c3ccc(OC(F)(F)F)cc23)c1. The third-order valence-electron chi connectivity index (χ3n) is 3.34. The molecule has 3 nitrogen and oxygen atoms in total. The lowest BCUT2D eigenvalue weighted by molar-refractivity contribution is -0.274. The van der Waals surface area contributed by atoms with E-state index in [-0.39, 0.29) is 5.75 Å². The Morgan fingerprint density at radius 1 is 0.957 bits per heavy atom. The number of aromatic nitrogens is 1. The number of ether oxygens (including phenoxy) is 2. The van der Waals surface area contributed by atoms with Crippen molar-refractivity contribution in [3.63, 3.8) is 0 Å². The summed E-state index contributed by atoms with van der Waals surface area (Å²) in [6.45, 7) is 3.74. The Labute approximate surface area is 130 Å². The molecule has 3 rings (SSSR count). The highest BCUT2D eigenvalue weighted by Gasteiger charge is 2.31. The molecule has 3 aromatic rings. The fourth-order valence-corrected chi connectivity index (χ4v) is 2.41. The lowest BCUT2D eigenvalue weighted by Crippen LogP contribution is -2.16. The van der Waals surface area contributed by atoms with Crippen molar-refractivity contribution in [1.82, 2.24) is 4.98 Å². The molecule has 6 heteroatoms. The predicted octanol–water partition coefficient (Wildman–Crippen LogP) is 5.48. The number of aryl methyl sites for hydroxylation is 2. The number of H-pyrrole nitrogens is 1. The Kier molecular flexibility index (Phi) is 3.67. The summed E-state index contributed by atoms with van der Waals surface area (Å²) in [4.78, 5) is 3.09. The average Bonchev–Trinajstić information content (AvgIpc) is 2.73. The highest BCUT2D eigenvalue weighted by Crippen LogP contribution is 2.36. The number of nitrogens with one attached hydrogen (secondary N) is 1. The average molecular weight is 321 g/mol. The molecule has 0 unspecified atom stereocenters. The van der Waals surface area contributed by atoms with Crippen LogP contribution in [-0.2, 0) is 0 Å². The maximum atomic E-state index is 12.4. The quantitative estimate of drug-likeness (QED) is 0.693. The van der Waals surface area contributed by atoms with Crippen molar-refractivity contribution in [3.8, 4) is 17.2 Å². The van der Waals surface area contributed by atoms with Crippen molar-refractivity contribution in [2.45, 2.75) is 20.2 Å². The van der Waals surface area contributed by atoms with Gasteiger partial charge in [-0.15, -0.1) is 13.2 Å². The van der Waals surface area contributed by atoms with Crippen LogP contribution in [0, 0.1) is 13.8 Å². The highest BCUT2D eigenvalue weighted by atomic mass is 19.4. The lowest BCUT2D eigenvalue weighted by atomic mass is 10.2. The van der Waals surface area contributed by atoms with Crippen molar-refractivity contribution < 1.29 is 22.6 Å². The maximum absolute atomic E-state index is 12.4. The summed E-state index contributed by atoms with van der Waals surface area (Å²) in [5.41, 5.74) is 2.44. The van der Waals surface area contributed by atoms with Crippen molar-refractivity contribution in [2.75, 3.05) is 0 Å². The Bertz CT molecular complexity index is 853. The van der Waals surface area contributed by atoms with Gasteiger partial charge in [0.2, 0.25) is 0 Å². The van der Waals surface area contributed by atoms with E-state index in [1.807, 2.05) is 25.1 Å². The van der Waals surface area contributed by atoms with Crippen molar-refractivity contribution in [3.05, 3.63) is 53.7 Å². The molecule has 0 aliphatic carbocycles. The normalized spacial score (nSPS) is 11.7. The molecular formula is C17H14F3NO2. The maximum Gasteiger partial charge on any atom is 0.573 e. The Morgan fingerprint density at radius 2 is 1.74 bits per heavy atom. The molecule has 0 saturated heterocycles. The third kappa shape index (κ3) is 3.41. The van der Waals surface area contributed by atoms with E-state index in [9.17, 15) is 13.2 Å². The van der Waals surface area contributed by atoms with E-state index >= 15 is 0 Å². The van der Waals surface area contributed by atoms with Crippen LogP contribution in [-0.4, -0.2) is 11.3 Å². The minimum atomic E-state index is -4.73. The van der Waals surface area contributed by atoms with Crippen LogP contribution < -0.4 is 9.47 Å². The van der Waals surface area contributed by atoms with Gasteiger partial charge in [-0.1, -0.05) is 12.1 Å². The zero-order valence-electron chi connectivity index (χ0n) is 12.5. The number of hydrogen-bond acceptors (Lipinski definition) is 2. The topological polar surface area (TPSA) is 34.2 Å². The fourth-order valence-electron chi connectivity index (χ4n) is 2.41. The van der Waals surface area contributed by atoms with Gasteiger partial charge in [0.05, 0.1) is 5.69 Å². The second-order valence-corrected chi connectivity index (χ2v) is 5.25. The first-order valence-electron chi connectivity index (χ1n) is 6.94. The summed E-state index contributed by atoms with van der Waals surface area (Å²) < 4.78 is 47.0. The molecular weight excluding hydrogens is 307 g/mol. The molecule has 0 bridgehead atoms. The molecule has 0 aliphatic rings. The molecule has 1 aromatic heterocycles. The molecule has 1 N–H and O–H groups in total. The second-order valence-electron chi connectivity index (χ2n) is 5.25. The van der Waals surface area contributed by atoms with Gasteiger partial charge >= 0.3 is 6.36 Å². The van der Waals surface area contributed by atoms with E-state index in [1.54, 1.807) is 13.0 Å². The van der Waals surface area contributed by atoms with E-state index in [1.165, 1.54) is 18.2 Å². The molecule has 0 fully saturated rings. The van der Waals surface area contributed by atoms with Crippen LogP contribution >= 0.6 is 0 Å². The Hall–Kier alpha value is -2.63. The van der Waals surface area contributed by atoms with E-state index in [0.29, 0.717) is 22.4 Å². The molecule has 0 amide bonds. The van der Waals surface area contributed by atoms with Gasteiger partial charge in [0.1, 0.15) is 11.5 Å². The summed E-state index contributed by atoms with van der Waals surface area (Å²) in [7, 11) is 0. The minimum absolute atomic E-state index is 0.280. The number of halogens is 3. The van der Waals surface area contributed by atoms with Crippen LogP contribution in [0.15, 0.2) is 42.5 Å². The van der Waals surface area contributed by atoms with Gasteiger partial charge in [-0.3, -0.25) is 0 Å². The smallest absolute Gasteiger partial charge is 0.455 e. The van der Waals surface area contributed by atoms with E-state index in [0.717, 1.165) is 11.3 Å². The molecule has 2 aromatic carbocycles. The highest BCUT2D eigenvalue weighted by molar-refractivity contribution is 5.89. The largest absolute Gasteiger partial charge is 0.573 e. The summed E-state index contributed by atoms with van der Waals surface area (Å²) in [6.07, 6.45) is -4.73. The van der Waals surface area contributed by atoms with E-state index in [4.69, 9.17) is 4.74 Å². The van der Waals surface area contributed by atoms with Crippen molar-refractivity contribution in [2.24, 2.45) is 0 Å². The summed E-state index contributed by atoms with van der Waals surface area (Å²) in [5, 5.41) is 0.533. The molecule has 1 heterocycles. The Morgan fingerprint density at radius 3 is 2.43 bits per heavy atom. The standard InChI is InChI=1S/C17H14F3NO2/c1-10-4-3-5-12(8-10)22-16-11(2)21-15-7-6-13(9-14(15)16)23-17(18,19)20/h3-9,21H,1-2H3. The number of aromatic amines is 1. The van der Waals surface area contributed by atoms with E-state index in [2.05, 4.69) is 9.72 Å². The van der Waals surface area contributed by atoms with Gasteiger partial charge in [0, 0.05) is 10.9 Å². The van der Waals surface area contributed by atoms with Crippen LogP contribution in [0.2, 0.25) is 0 Å². The number of benzene rings is 2. The number of rotatable bonds is 3. The Balaban J connectivity index is 2.01. The van der Waals surface area contributed by atoms with Crippen LogP contribution in [0.3, 0.4) is 0 Å². The predicted molar refractivity (Wildman–Crippen MR) is 81.0 cm³/mol. The number of alkyl halides is 3. The molecule has 0 spiro atoms. The lowest BCUT2D eigenvalue weighted by Gasteiger charge is -2.10. The van der Waals surface area contributed by atoms with Crippen molar-refractivity contribution >= 4 is 10.9 Å². The summed E-state index contributed by atoms with van der Waals surface area (Å²) >= 11 is 0.